The zero-order valence-electron chi connectivity index (χ0n) is 14.4. The Balaban J connectivity index is 1.89. The predicted octanol–water partition coefficient (Wildman–Crippen LogP) is 4.71. The molecule has 27 heavy (non-hydrogen) atoms. The number of nitrogens with two attached hydrogens (primary N) is 1. The molecule has 0 amide bonds. The van der Waals surface area contributed by atoms with Crippen molar-refractivity contribution in [2.24, 2.45) is 5.73 Å². The van der Waals surface area contributed by atoms with E-state index >= 15 is 0 Å². The predicted molar refractivity (Wildman–Crippen MR) is 104 cm³/mol. The third-order valence-corrected chi connectivity index (χ3v) is 4.97. The lowest BCUT2D eigenvalue weighted by Gasteiger charge is -2.24. The van der Waals surface area contributed by atoms with E-state index in [9.17, 15) is 5.26 Å². The van der Waals surface area contributed by atoms with Gasteiger partial charge in [-0.25, -0.2) is 0 Å². The number of ether oxygens (including phenoxy) is 1. The summed E-state index contributed by atoms with van der Waals surface area (Å²) in [7, 11) is 0. The third-order valence-electron chi connectivity index (χ3n) is 4.44. The molecule has 3 aromatic rings. The Morgan fingerprint density at radius 2 is 2.11 bits per heavy atom. The zero-order chi connectivity index (χ0) is 19.0. The maximum atomic E-state index is 9.71. The van der Waals surface area contributed by atoms with Crippen molar-refractivity contribution in [2.45, 2.75) is 12.8 Å². The maximum absolute atomic E-state index is 9.71. The summed E-state index contributed by atoms with van der Waals surface area (Å²) in [5.41, 5.74) is 9.75. The van der Waals surface area contributed by atoms with Gasteiger partial charge in [0.15, 0.2) is 0 Å². The second kappa shape index (κ2) is 6.82. The minimum absolute atomic E-state index is 0.0658. The van der Waals surface area contributed by atoms with Crippen molar-refractivity contribution in [3.05, 3.63) is 75.5 Å². The van der Waals surface area contributed by atoms with Crippen LogP contribution in [0.2, 0.25) is 0 Å². The van der Waals surface area contributed by atoms with E-state index in [0.29, 0.717) is 17.2 Å². The highest BCUT2D eigenvalue weighted by atomic mass is 79.9. The van der Waals surface area contributed by atoms with Gasteiger partial charge < -0.3 is 14.9 Å². The highest BCUT2D eigenvalue weighted by Crippen LogP contribution is 2.46. The lowest BCUT2D eigenvalue weighted by Crippen LogP contribution is -2.20. The topological polar surface area (TPSA) is 101 Å². The molecule has 0 fully saturated rings. The van der Waals surface area contributed by atoms with E-state index in [1.54, 1.807) is 6.26 Å². The molecule has 1 aliphatic heterocycles. The first-order chi connectivity index (χ1) is 13.1. The monoisotopic (exact) mass is 422 g/mol. The Morgan fingerprint density at radius 3 is 2.78 bits per heavy atom. The van der Waals surface area contributed by atoms with Crippen LogP contribution in [0.15, 0.2) is 68.6 Å². The number of allylic oxidation sites excluding steroid dienone is 2. The number of aromatic amines is 1. The van der Waals surface area contributed by atoms with Gasteiger partial charge >= 0.3 is 0 Å². The van der Waals surface area contributed by atoms with Crippen molar-refractivity contribution in [3.63, 3.8) is 0 Å². The fraction of sp³-hybridized carbons (Fsp3) is 0.100. The van der Waals surface area contributed by atoms with Crippen LogP contribution >= 0.6 is 15.9 Å². The number of H-pyrrole nitrogens is 1. The summed E-state index contributed by atoms with van der Waals surface area (Å²) < 4.78 is 12.0. The highest BCUT2D eigenvalue weighted by Gasteiger charge is 2.35. The molecular weight excluding hydrogens is 408 g/mol. The number of nitrogens with one attached hydrogen (secondary N) is 1. The van der Waals surface area contributed by atoms with E-state index < -0.39 is 0 Å². The molecule has 0 saturated carbocycles. The molecule has 0 radical (unpaired) electrons. The van der Waals surface area contributed by atoms with E-state index in [2.05, 4.69) is 32.2 Å². The normalized spacial score (nSPS) is 16.6. The average molecular weight is 423 g/mol. The first-order valence-electron chi connectivity index (χ1n) is 8.22. The van der Waals surface area contributed by atoms with Gasteiger partial charge in [0.2, 0.25) is 11.8 Å². The fourth-order valence-corrected chi connectivity index (χ4v) is 3.48. The summed E-state index contributed by atoms with van der Waals surface area (Å²) in [6.45, 7) is 1.94. The van der Waals surface area contributed by atoms with Gasteiger partial charge in [0.25, 0.3) is 0 Å². The van der Waals surface area contributed by atoms with Crippen LogP contribution in [0, 0.1) is 11.3 Å². The Hall–Kier alpha value is -3.24. The van der Waals surface area contributed by atoms with Gasteiger partial charge in [-0.2, -0.15) is 5.26 Å². The molecule has 0 saturated heterocycles. The second-order valence-electron chi connectivity index (χ2n) is 6.15. The van der Waals surface area contributed by atoms with E-state index in [1.165, 1.54) is 0 Å². The van der Waals surface area contributed by atoms with Crippen LogP contribution in [0.1, 0.15) is 24.2 Å². The van der Waals surface area contributed by atoms with Crippen LogP contribution in [0.5, 0.6) is 5.88 Å². The van der Waals surface area contributed by atoms with Crippen LogP contribution in [-0.4, -0.2) is 10.2 Å². The molecule has 4 rings (SSSR count). The van der Waals surface area contributed by atoms with Crippen molar-refractivity contribution < 1.29 is 9.15 Å². The van der Waals surface area contributed by atoms with E-state index in [0.717, 1.165) is 26.9 Å². The van der Waals surface area contributed by atoms with Crippen LogP contribution in [0.25, 0.3) is 17.3 Å². The summed E-state index contributed by atoms with van der Waals surface area (Å²) in [5, 5.41) is 17.0. The maximum Gasteiger partial charge on any atom is 0.244 e. The summed E-state index contributed by atoms with van der Waals surface area (Å²) in [5.74, 6) is 0.754. The zero-order valence-corrected chi connectivity index (χ0v) is 15.9. The average Bonchev–Trinajstić information content (AvgIpc) is 3.31. The SMILES string of the molecule is C/C(=C\c1ccco1)[C@@H]1C(C#N)=C(N)Oc2n[nH]c(-c3ccc(Br)cc3)c21. The van der Waals surface area contributed by atoms with Crippen LogP contribution < -0.4 is 10.5 Å². The number of benzene rings is 1. The number of fused-ring (bicyclic) bond motifs is 1. The second-order valence-corrected chi connectivity index (χ2v) is 7.07. The molecule has 1 aromatic carbocycles. The number of nitrogens with zero attached hydrogens (tertiary/aromatic N) is 2. The molecule has 3 heterocycles. The van der Waals surface area contributed by atoms with Crippen molar-refractivity contribution in [1.82, 2.24) is 10.2 Å². The highest BCUT2D eigenvalue weighted by molar-refractivity contribution is 9.10. The third kappa shape index (κ3) is 3.04. The van der Waals surface area contributed by atoms with Gasteiger partial charge in [0.05, 0.1) is 23.4 Å². The first kappa shape index (κ1) is 17.2. The van der Waals surface area contributed by atoms with Gasteiger partial charge in [-0.3, -0.25) is 5.10 Å². The lowest BCUT2D eigenvalue weighted by molar-refractivity contribution is 0.378. The summed E-state index contributed by atoms with van der Waals surface area (Å²) in [6.07, 6.45) is 3.50. The number of nitriles is 1. The summed E-state index contributed by atoms with van der Waals surface area (Å²) in [6, 6.07) is 13.7. The molecule has 134 valence electrons. The van der Waals surface area contributed by atoms with Gasteiger partial charge in [0, 0.05) is 10.0 Å². The number of aromatic nitrogens is 2. The van der Waals surface area contributed by atoms with Crippen molar-refractivity contribution in [3.8, 4) is 23.2 Å². The number of furan rings is 1. The molecule has 3 N–H and O–H groups in total. The Bertz CT molecular complexity index is 1090. The molecule has 2 aromatic heterocycles. The van der Waals surface area contributed by atoms with Crippen LogP contribution in [0.3, 0.4) is 0 Å². The molecule has 0 unspecified atom stereocenters. The summed E-state index contributed by atoms with van der Waals surface area (Å²) >= 11 is 3.44. The minimum Gasteiger partial charge on any atom is -0.465 e. The number of hydrogen-bond acceptors (Lipinski definition) is 5. The molecule has 7 heteroatoms. The smallest absolute Gasteiger partial charge is 0.244 e. The Kier molecular flexibility index (Phi) is 4.34. The van der Waals surface area contributed by atoms with Crippen molar-refractivity contribution >= 4 is 22.0 Å². The van der Waals surface area contributed by atoms with Crippen LogP contribution in [0.4, 0.5) is 0 Å². The lowest BCUT2D eigenvalue weighted by atomic mass is 9.83. The van der Waals surface area contributed by atoms with Gasteiger partial charge in [-0.15, -0.1) is 5.10 Å². The number of hydrogen-bond donors (Lipinski definition) is 2. The molecule has 1 aliphatic rings. The fourth-order valence-electron chi connectivity index (χ4n) is 3.22. The molecule has 0 aliphatic carbocycles. The van der Waals surface area contributed by atoms with Gasteiger partial charge in [0.1, 0.15) is 17.4 Å². The molecule has 1 atom stereocenters. The summed E-state index contributed by atoms with van der Waals surface area (Å²) in [4.78, 5) is 0. The van der Waals surface area contributed by atoms with Crippen molar-refractivity contribution in [2.75, 3.05) is 0 Å². The van der Waals surface area contributed by atoms with Crippen molar-refractivity contribution in [1.29, 1.82) is 5.26 Å². The largest absolute Gasteiger partial charge is 0.465 e. The van der Waals surface area contributed by atoms with E-state index in [4.69, 9.17) is 14.9 Å². The van der Waals surface area contributed by atoms with Gasteiger partial charge in [-0.05, 0) is 37.3 Å². The van der Waals surface area contributed by atoms with E-state index in [-0.39, 0.29) is 11.8 Å². The Morgan fingerprint density at radius 1 is 1.33 bits per heavy atom. The van der Waals surface area contributed by atoms with Gasteiger partial charge in [-0.1, -0.05) is 33.6 Å². The minimum atomic E-state index is -0.388. The van der Waals surface area contributed by atoms with E-state index in [1.807, 2.05) is 49.4 Å². The molecule has 0 spiro atoms. The van der Waals surface area contributed by atoms with Crippen LogP contribution in [-0.2, 0) is 0 Å². The molecular formula is C20H15BrN4O2. The first-order valence-corrected chi connectivity index (χ1v) is 9.01. The quantitative estimate of drug-likeness (QED) is 0.636. The number of halogens is 1. The molecule has 0 bridgehead atoms. The molecule has 6 nitrogen and oxygen atoms in total. The number of rotatable bonds is 3. The standard InChI is InChI=1S/C20H15BrN4O2/c1-11(9-14-3-2-8-26-14)16-15(10-22)19(23)27-20-17(16)18(24-25-20)12-4-6-13(21)7-5-12/h2-9,16H,23H2,1H3,(H,24,25)/b11-9+/t16-/m1/s1. The Labute approximate surface area is 164 Å².